The molecule has 112 valence electrons. The second-order valence-electron chi connectivity index (χ2n) is 5.96. The predicted octanol–water partition coefficient (Wildman–Crippen LogP) is 3.87. The van der Waals surface area contributed by atoms with Gasteiger partial charge >= 0.3 is 0 Å². The van der Waals surface area contributed by atoms with Crippen molar-refractivity contribution < 1.29 is 4.74 Å². The van der Waals surface area contributed by atoms with Crippen LogP contribution >= 0.6 is 11.6 Å². The average Bonchev–Trinajstić information content (AvgIpc) is 2.46. The fraction of sp³-hybridized carbons (Fsp3) is 0.733. The van der Waals surface area contributed by atoms with Crippen LogP contribution in [-0.2, 0) is 0 Å². The third-order valence-electron chi connectivity index (χ3n) is 3.81. The molecule has 0 unspecified atom stereocenters. The summed E-state index contributed by atoms with van der Waals surface area (Å²) >= 11 is 6.20. The Hall–Kier alpha value is -1.03. The monoisotopic (exact) mass is 297 g/mol. The SMILES string of the molecule is CC(C)Oc1cncc(NCC2(CCl)CCCCC2)n1. The predicted molar refractivity (Wildman–Crippen MR) is 82.5 cm³/mol. The van der Waals surface area contributed by atoms with Gasteiger partial charge in [0.25, 0.3) is 0 Å². The van der Waals surface area contributed by atoms with Crippen molar-refractivity contribution in [3.63, 3.8) is 0 Å². The zero-order chi connectivity index (χ0) is 14.4. The highest BCUT2D eigenvalue weighted by atomic mass is 35.5. The van der Waals surface area contributed by atoms with Crippen molar-refractivity contribution >= 4 is 17.4 Å². The average molecular weight is 298 g/mol. The standard InChI is InChI=1S/C15H24ClN3O/c1-12(2)20-14-9-17-8-13(19-14)18-11-15(10-16)6-4-3-5-7-15/h8-9,12H,3-7,10-11H2,1-2H3,(H,18,19). The van der Waals surface area contributed by atoms with Gasteiger partial charge in [-0.2, -0.15) is 4.98 Å². The van der Waals surface area contributed by atoms with Crippen molar-refractivity contribution in [2.75, 3.05) is 17.7 Å². The molecular formula is C15H24ClN3O. The van der Waals surface area contributed by atoms with E-state index in [2.05, 4.69) is 15.3 Å². The van der Waals surface area contributed by atoms with Crippen LogP contribution in [0.3, 0.4) is 0 Å². The molecule has 0 aliphatic heterocycles. The number of nitrogens with one attached hydrogen (secondary N) is 1. The molecule has 1 aliphatic rings. The van der Waals surface area contributed by atoms with Crippen molar-refractivity contribution in [3.05, 3.63) is 12.4 Å². The Labute approximate surface area is 126 Å². The Morgan fingerprint density at radius 3 is 2.70 bits per heavy atom. The summed E-state index contributed by atoms with van der Waals surface area (Å²) in [4.78, 5) is 8.59. The minimum Gasteiger partial charge on any atom is -0.474 e. The van der Waals surface area contributed by atoms with Crippen molar-refractivity contribution in [3.8, 4) is 5.88 Å². The molecule has 0 aromatic carbocycles. The lowest BCUT2D eigenvalue weighted by atomic mass is 9.75. The van der Waals surface area contributed by atoms with Crippen molar-refractivity contribution in [2.45, 2.75) is 52.1 Å². The van der Waals surface area contributed by atoms with E-state index in [9.17, 15) is 0 Å². The van der Waals surface area contributed by atoms with E-state index in [-0.39, 0.29) is 11.5 Å². The Morgan fingerprint density at radius 1 is 1.30 bits per heavy atom. The lowest BCUT2D eigenvalue weighted by molar-refractivity contribution is 0.230. The quantitative estimate of drug-likeness (QED) is 0.810. The van der Waals surface area contributed by atoms with Gasteiger partial charge in [0.2, 0.25) is 5.88 Å². The second-order valence-corrected chi connectivity index (χ2v) is 6.22. The summed E-state index contributed by atoms with van der Waals surface area (Å²) in [6, 6.07) is 0. The van der Waals surface area contributed by atoms with Gasteiger partial charge in [-0.15, -0.1) is 11.6 Å². The minimum atomic E-state index is 0.104. The van der Waals surface area contributed by atoms with Gasteiger partial charge in [0.1, 0.15) is 5.82 Å². The zero-order valence-electron chi connectivity index (χ0n) is 12.4. The van der Waals surface area contributed by atoms with Crippen LogP contribution in [0.2, 0.25) is 0 Å². The maximum absolute atomic E-state index is 6.20. The van der Waals surface area contributed by atoms with Gasteiger partial charge in [-0.05, 0) is 26.7 Å². The highest BCUT2D eigenvalue weighted by molar-refractivity contribution is 6.18. The molecular weight excluding hydrogens is 274 g/mol. The molecule has 1 aromatic heterocycles. The molecule has 0 atom stereocenters. The van der Waals surface area contributed by atoms with Crippen LogP contribution in [0.15, 0.2) is 12.4 Å². The smallest absolute Gasteiger partial charge is 0.234 e. The van der Waals surface area contributed by atoms with Crippen LogP contribution in [-0.4, -0.2) is 28.5 Å². The molecule has 20 heavy (non-hydrogen) atoms. The summed E-state index contributed by atoms with van der Waals surface area (Å²) in [5.74, 6) is 2.03. The Balaban J connectivity index is 1.95. The Bertz CT molecular complexity index is 419. The van der Waals surface area contributed by atoms with E-state index in [4.69, 9.17) is 16.3 Å². The fourth-order valence-corrected chi connectivity index (χ4v) is 3.03. The van der Waals surface area contributed by atoms with E-state index in [0.717, 1.165) is 12.4 Å². The van der Waals surface area contributed by atoms with E-state index in [1.54, 1.807) is 12.4 Å². The number of alkyl halides is 1. The molecule has 1 heterocycles. The fourth-order valence-electron chi connectivity index (χ4n) is 2.67. The first-order valence-corrected chi connectivity index (χ1v) is 7.96. The van der Waals surface area contributed by atoms with Gasteiger partial charge in [0.15, 0.2) is 0 Å². The number of nitrogens with zero attached hydrogens (tertiary/aromatic N) is 2. The summed E-state index contributed by atoms with van der Waals surface area (Å²) in [5.41, 5.74) is 0.205. The van der Waals surface area contributed by atoms with Gasteiger partial charge in [0, 0.05) is 17.8 Å². The highest BCUT2D eigenvalue weighted by Crippen LogP contribution is 2.37. The Kier molecular flexibility index (Phi) is 5.46. The van der Waals surface area contributed by atoms with Crippen LogP contribution in [0.25, 0.3) is 0 Å². The summed E-state index contributed by atoms with van der Waals surface area (Å²) in [6.45, 7) is 4.81. The first kappa shape index (κ1) is 15.4. The maximum atomic E-state index is 6.20. The first-order valence-electron chi connectivity index (χ1n) is 7.42. The molecule has 4 nitrogen and oxygen atoms in total. The van der Waals surface area contributed by atoms with E-state index in [0.29, 0.717) is 11.8 Å². The second kappa shape index (κ2) is 7.11. The number of hydrogen-bond donors (Lipinski definition) is 1. The molecule has 1 fully saturated rings. The molecule has 1 aliphatic carbocycles. The maximum Gasteiger partial charge on any atom is 0.234 e. The number of rotatable bonds is 6. The van der Waals surface area contributed by atoms with Crippen LogP contribution < -0.4 is 10.1 Å². The summed E-state index contributed by atoms with van der Waals surface area (Å²) in [6.07, 6.45) is 9.75. The van der Waals surface area contributed by atoms with E-state index in [1.807, 2.05) is 13.8 Å². The molecule has 0 radical (unpaired) electrons. The largest absolute Gasteiger partial charge is 0.474 e. The zero-order valence-corrected chi connectivity index (χ0v) is 13.1. The summed E-state index contributed by atoms with van der Waals surface area (Å²) in [5, 5.41) is 3.38. The van der Waals surface area contributed by atoms with Gasteiger partial charge in [-0.25, -0.2) is 0 Å². The molecule has 1 saturated carbocycles. The highest BCUT2D eigenvalue weighted by Gasteiger charge is 2.31. The lowest BCUT2D eigenvalue weighted by Crippen LogP contribution is -2.34. The number of halogens is 1. The molecule has 1 aromatic rings. The molecule has 0 amide bonds. The molecule has 0 bridgehead atoms. The van der Waals surface area contributed by atoms with E-state index >= 15 is 0 Å². The van der Waals surface area contributed by atoms with Gasteiger partial charge in [-0.3, -0.25) is 4.98 Å². The third kappa shape index (κ3) is 4.23. The van der Waals surface area contributed by atoms with Crippen LogP contribution in [0.5, 0.6) is 5.88 Å². The number of ether oxygens (including phenoxy) is 1. The summed E-state index contributed by atoms with van der Waals surface area (Å²) in [7, 11) is 0. The number of hydrogen-bond acceptors (Lipinski definition) is 4. The van der Waals surface area contributed by atoms with Crippen molar-refractivity contribution in [2.24, 2.45) is 5.41 Å². The first-order chi connectivity index (χ1) is 9.63. The number of anilines is 1. The van der Waals surface area contributed by atoms with Gasteiger partial charge in [0.05, 0.1) is 18.5 Å². The molecule has 2 rings (SSSR count). The third-order valence-corrected chi connectivity index (χ3v) is 4.38. The molecule has 1 N–H and O–H groups in total. The van der Waals surface area contributed by atoms with Crippen LogP contribution in [0.1, 0.15) is 46.0 Å². The molecule has 0 saturated heterocycles. The normalized spacial score (nSPS) is 18.0. The van der Waals surface area contributed by atoms with Crippen LogP contribution in [0, 0.1) is 5.41 Å². The summed E-state index contributed by atoms with van der Waals surface area (Å²) < 4.78 is 5.56. The van der Waals surface area contributed by atoms with Gasteiger partial charge in [-0.1, -0.05) is 19.3 Å². The molecule has 5 heteroatoms. The molecule has 0 spiro atoms. The van der Waals surface area contributed by atoms with E-state index < -0.39 is 0 Å². The van der Waals surface area contributed by atoms with Gasteiger partial charge < -0.3 is 10.1 Å². The van der Waals surface area contributed by atoms with E-state index in [1.165, 1.54) is 32.1 Å². The number of aromatic nitrogens is 2. The van der Waals surface area contributed by atoms with Crippen molar-refractivity contribution in [1.29, 1.82) is 0 Å². The van der Waals surface area contributed by atoms with Crippen LogP contribution in [0.4, 0.5) is 5.82 Å². The lowest BCUT2D eigenvalue weighted by Gasteiger charge is -2.35. The van der Waals surface area contributed by atoms with Crippen molar-refractivity contribution in [1.82, 2.24) is 9.97 Å². The topological polar surface area (TPSA) is 47.0 Å². The Morgan fingerprint density at radius 2 is 2.05 bits per heavy atom. The minimum absolute atomic E-state index is 0.104.